The van der Waals surface area contributed by atoms with Gasteiger partial charge in [0.1, 0.15) is 29.7 Å². The highest BCUT2D eigenvalue weighted by Crippen LogP contribution is 2.39. The van der Waals surface area contributed by atoms with Gasteiger partial charge in [-0.25, -0.2) is 18.4 Å². The second-order valence-electron chi connectivity index (χ2n) is 12.4. The summed E-state index contributed by atoms with van der Waals surface area (Å²) in [5, 5.41) is 3.06. The van der Waals surface area contributed by atoms with Gasteiger partial charge >= 0.3 is 12.6 Å². The van der Waals surface area contributed by atoms with Crippen molar-refractivity contribution in [2.75, 3.05) is 18.8 Å². The summed E-state index contributed by atoms with van der Waals surface area (Å²) in [6, 6.07) is 14.0. The molecule has 0 unspecified atom stereocenters. The molecule has 0 spiro atoms. The van der Waals surface area contributed by atoms with Crippen molar-refractivity contribution in [1.82, 2.24) is 19.6 Å². The van der Waals surface area contributed by atoms with Crippen LogP contribution in [0.4, 0.5) is 8.78 Å². The van der Waals surface area contributed by atoms with Crippen molar-refractivity contribution >= 4 is 27.1 Å². The van der Waals surface area contributed by atoms with Crippen molar-refractivity contribution < 1.29 is 40.3 Å². The summed E-state index contributed by atoms with van der Waals surface area (Å²) in [7, 11) is -3.35. The van der Waals surface area contributed by atoms with Gasteiger partial charge in [-0.05, 0) is 80.6 Å². The molecule has 2 aliphatic rings. The second kappa shape index (κ2) is 13.6. The molecule has 0 aliphatic carbocycles. The van der Waals surface area contributed by atoms with Gasteiger partial charge in [-0.2, -0.15) is 13.1 Å². The maximum Gasteiger partial charge on any atom is 0.387 e. The third-order valence-electron chi connectivity index (χ3n) is 9.37. The average Bonchev–Trinajstić information content (AvgIpc) is 3.87. The maximum absolute atomic E-state index is 13.4. The molecular formula is C36H36F2N4O7S. The van der Waals surface area contributed by atoms with E-state index in [-0.39, 0.29) is 41.7 Å². The van der Waals surface area contributed by atoms with Crippen molar-refractivity contribution in [2.45, 2.75) is 65.8 Å². The van der Waals surface area contributed by atoms with Crippen LogP contribution in [0.15, 0.2) is 57.4 Å². The van der Waals surface area contributed by atoms with Crippen molar-refractivity contribution in [1.29, 1.82) is 0 Å². The lowest BCUT2D eigenvalue weighted by Crippen LogP contribution is -2.36. The highest BCUT2D eigenvalue weighted by molar-refractivity contribution is 7.89. The first-order chi connectivity index (χ1) is 24.0. The topological polar surface area (TPSA) is 137 Å². The molecule has 3 aromatic carbocycles. The molecule has 262 valence electrons. The molecule has 14 heteroatoms. The number of hydrogen-bond acceptors (Lipinski definition) is 10. The SMILES string of the molecule is CCS(=O)(=O)N1CCc2oc(-c3cccc(-c4cccc(-c5nc6cc(COC(=O)[C@@H]7CCCN7)c(OC(F)F)cc6o5)c4C)c3C)nc2C1. The number of aromatic nitrogens is 2. The zero-order chi connectivity index (χ0) is 35.2. The van der Waals surface area contributed by atoms with Crippen LogP contribution in [0, 0.1) is 13.8 Å². The Labute approximate surface area is 287 Å². The summed E-state index contributed by atoms with van der Waals surface area (Å²) in [5.74, 6) is 0.827. The van der Waals surface area contributed by atoms with Crippen LogP contribution in [0.5, 0.6) is 5.75 Å². The van der Waals surface area contributed by atoms with E-state index in [9.17, 15) is 22.0 Å². The minimum atomic E-state index is -3.35. The highest BCUT2D eigenvalue weighted by Gasteiger charge is 2.30. The number of halogens is 2. The number of fused-ring (bicyclic) bond motifs is 2. The molecule has 50 heavy (non-hydrogen) atoms. The van der Waals surface area contributed by atoms with Gasteiger partial charge in [0, 0.05) is 35.7 Å². The number of alkyl halides is 2. The molecule has 5 aromatic rings. The molecule has 1 saturated heterocycles. The smallest absolute Gasteiger partial charge is 0.387 e. The predicted octanol–water partition coefficient (Wildman–Crippen LogP) is 6.54. The van der Waals surface area contributed by atoms with E-state index in [0.29, 0.717) is 47.8 Å². The van der Waals surface area contributed by atoms with Crippen molar-refractivity contribution in [3.63, 3.8) is 0 Å². The third kappa shape index (κ3) is 6.50. The Kier molecular flexibility index (Phi) is 9.18. The number of nitrogens with zero attached hydrogens (tertiary/aromatic N) is 3. The quantitative estimate of drug-likeness (QED) is 0.160. The number of hydrogen-bond donors (Lipinski definition) is 1. The Morgan fingerprint density at radius 2 is 1.70 bits per heavy atom. The molecule has 2 aliphatic heterocycles. The summed E-state index contributed by atoms with van der Waals surface area (Å²) in [5.41, 5.74) is 6.62. The molecule has 7 rings (SSSR count). The normalized spacial score (nSPS) is 16.6. The molecule has 2 aromatic heterocycles. The van der Waals surface area contributed by atoms with Gasteiger partial charge in [0.25, 0.3) is 0 Å². The minimum Gasteiger partial charge on any atom is -0.460 e. The van der Waals surface area contributed by atoms with E-state index in [0.717, 1.165) is 40.8 Å². The van der Waals surface area contributed by atoms with Crippen LogP contribution in [0.1, 0.15) is 47.9 Å². The number of nitrogens with one attached hydrogen (secondary N) is 1. The zero-order valence-electron chi connectivity index (χ0n) is 27.8. The minimum absolute atomic E-state index is 0.0287. The number of oxazole rings is 2. The van der Waals surface area contributed by atoms with Gasteiger partial charge in [-0.3, -0.25) is 4.79 Å². The van der Waals surface area contributed by atoms with E-state index in [1.54, 1.807) is 6.92 Å². The summed E-state index contributed by atoms with van der Waals surface area (Å²) < 4.78 is 75.6. The van der Waals surface area contributed by atoms with E-state index in [4.69, 9.17) is 23.3 Å². The van der Waals surface area contributed by atoms with Gasteiger partial charge < -0.3 is 23.6 Å². The first-order valence-electron chi connectivity index (χ1n) is 16.5. The first-order valence-corrected chi connectivity index (χ1v) is 18.1. The molecule has 0 radical (unpaired) electrons. The summed E-state index contributed by atoms with van der Waals surface area (Å²) >= 11 is 0. The molecule has 1 fully saturated rings. The van der Waals surface area contributed by atoms with Crippen LogP contribution in [-0.4, -0.2) is 60.2 Å². The van der Waals surface area contributed by atoms with Crippen LogP contribution >= 0.6 is 0 Å². The highest BCUT2D eigenvalue weighted by atomic mass is 32.2. The van der Waals surface area contributed by atoms with E-state index >= 15 is 0 Å². The van der Waals surface area contributed by atoms with Crippen LogP contribution in [0.25, 0.3) is 45.1 Å². The fraction of sp³-hybridized carbons (Fsp3) is 0.361. The van der Waals surface area contributed by atoms with Gasteiger partial charge in [-0.1, -0.05) is 24.3 Å². The molecule has 0 bridgehead atoms. The number of esters is 1. The molecule has 0 saturated carbocycles. The lowest BCUT2D eigenvalue weighted by molar-refractivity contribution is -0.147. The van der Waals surface area contributed by atoms with Gasteiger partial charge in [0.2, 0.25) is 21.8 Å². The standard InChI is InChI=1S/C36H36F2N4O7S/c1-4-50(44,45)42-15-13-30-29(18-42)41-34(47-30)26-11-6-9-24(21(26)3)23-8-5-10-25(20(23)2)33-40-28-16-22(19-46-35(43)27-12-7-14-39-27)31(49-36(37)38)17-32(28)48-33/h5-6,8-11,16-17,27,36,39H,4,7,12-15,18-19H2,1-3H3/t27-/m0/s1. The molecule has 1 atom stereocenters. The second-order valence-corrected chi connectivity index (χ2v) is 14.7. The summed E-state index contributed by atoms with van der Waals surface area (Å²) in [6.07, 6.45) is 1.96. The Bertz CT molecular complexity index is 2190. The maximum atomic E-state index is 13.4. The van der Waals surface area contributed by atoms with Gasteiger partial charge in [0.15, 0.2) is 5.58 Å². The lowest BCUT2D eigenvalue weighted by atomic mass is 9.91. The number of benzene rings is 3. The Balaban J connectivity index is 1.19. The van der Waals surface area contributed by atoms with Gasteiger partial charge in [-0.15, -0.1) is 0 Å². The van der Waals surface area contributed by atoms with Crippen molar-refractivity contribution in [3.05, 3.63) is 76.7 Å². The van der Waals surface area contributed by atoms with E-state index in [1.165, 1.54) is 16.4 Å². The monoisotopic (exact) mass is 706 g/mol. The Morgan fingerprint density at radius 1 is 1.02 bits per heavy atom. The van der Waals surface area contributed by atoms with Crippen molar-refractivity contribution in [2.24, 2.45) is 0 Å². The largest absolute Gasteiger partial charge is 0.460 e. The molecule has 4 heterocycles. The Morgan fingerprint density at radius 3 is 2.34 bits per heavy atom. The van der Waals surface area contributed by atoms with Crippen LogP contribution in [0.2, 0.25) is 0 Å². The predicted molar refractivity (Wildman–Crippen MR) is 181 cm³/mol. The average molecular weight is 707 g/mol. The first kappa shape index (κ1) is 33.8. The van der Waals surface area contributed by atoms with E-state index < -0.39 is 28.6 Å². The molecule has 1 N–H and O–H groups in total. The molecule has 0 amide bonds. The third-order valence-corrected chi connectivity index (χ3v) is 11.2. The van der Waals surface area contributed by atoms with E-state index in [2.05, 4.69) is 10.3 Å². The fourth-order valence-electron chi connectivity index (χ4n) is 6.60. The van der Waals surface area contributed by atoms with Crippen molar-refractivity contribution in [3.8, 4) is 39.8 Å². The number of ether oxygens (including phenoxy) is 2. The lowest BCUT2D eigenvalue weighted by Gasteiger charge is -2.23. The van der Waals surface area contributed by atoms with Gasteiger partial charge in [0.05, 0.1) is 18.0 Å². The Hall–Kier alpha value is -4.66. The number of carbonyl (C=O) groups is 1. The van der Waals surface area contributed by atoms with Crippen LogP contribution < -0.4 is 10.1 Å². The number of carbonyl (C=O) groups excluding carboxylic acids is 1. The zero-order valence-corrected chi connectivity index (χ0v) is 28.6. The van der Waals surface area contributed by atoms with Crippen LogP contribution in [-0.2, 0) is 39.1 Å². The van der Waals surface area contributed by atoms with E-state index in [1.807, 2.05) is 50.2 Å². The van der Waals surface area contributed by atoms with Crippen LogP contribution in [0.3, 0.4) is 0 Å². The summed E-state index contributed by atoms with van der Waals surface area (Å²) in [6.45, 7) is 3.46. The number of rotatable bonds is 10. The summed E-state index contributed by atoms with van der Waals surface area (Å²) in [4.78, 5) is 21.9. The number of sulfonamides is 1. The molecule has 11 nitrogen and oxygen atoms in total. The molecular weight excluding hydrogens is 670 g/mol. The fourth-order valence-corrected chi connectivity index (χ4v) is 7.65.